The van der Waals surface area contributed by atoms with Gasteiger partial charge in [-0.25, -0.2) is 0 Å². The Balaban J connectivity index is 2.84. The zero-order valence-electron chi connectivity index (χ0n) is 10.8. The first-order valence-electron chi connectivity index (χ1n) is 5.55. The molecule has 0 unspecified atom stereocenters. The average Bonchev–Trinajstić information content (AvgIpc) is 2.35. The SMILES string of the molecule is COc1ccccc1[C@@H](C#N)NC(=O)CN(C)C. The van der Waals surface area contributed by atoms with Crippen LogP contribution in [-0.2, 0) is 4.79 Å². The monoisotopic (exact) mass is 247 g/mol. The van der Waals surface area contributed by atoms with Crippen LogP contribution in [0.5, 0.6) is 5.75 Å². The van der Waals surface area contributed by atoms with Gasteiger partial charge in [0.05, 0.1) is 19.7 Å². The summed E-state index contributed by atoms with van der Waals surface area (Å²) in [6, 6.07) is 8.52. The van der Waals surface area contributed by atoms with E-state index in [1.54, 1.807) is 37.2 Å². The highest BCUT2D eigenvalue weighted by Crippen LogP contribution is 2.24. The van der Waals surface area contributed by atoms with E-state index in [0.29, 0.717) is 11.3 Å². The molecule has 5 heteroatoms. The molecule has 0 bridgehead atoms. The standard InChI is InChI=1S/C13H17N3O2/c1-16(2)9-13(17)15-11(8-14)10-6-4-5-7-12(10)18-3/h4-7,11H,9H2,1-3H3,(H,15,17)/t11-/m1/s1. The first kappa shape index (κ1) is 14.0. The summed E-state index contributed by atoms with van der Waals surface area (Å²) in [7, 11) is 5.13. The summed E-state index contributed by atoms with van der Waals surface area (Å²) in [5.41, 5.74) is 0.662. The molecule has 0 aliphatic carbocycles. The van der Waals surface area contributed by atoms with Crippen molar-refractivity contribution in [3.8, 4) is 11.8 Å². The fourth-order valence-corrected chi connectivity index (χ4v) is 1.58. The number of hydrogen-bond acceptors (Lipinski definition) is 4. The second-order valence-corrected chi connectivity index (χ2v) is 4.11. The van der Waals surface area contributed by atoms with Gasteiger partial charge >= 0.3 is 0 Å². The molecule has 0 heterocycles. The minimum atomic E-state index is -0.700. The van der Waals surface area contributed by atoms with Crippen molar-refractivity contribution in [3.05, 3.63) is 29.8 Å². The maximum absolute atomic E-state index is 11.7. The van der Waals surface area contributed by atoms with E-state index < -0.39 is 6.04 Å². The molecular weight excluding hydrogens is 230 g/mol. The molecular formula is C13H17N3O2. The topological polar surface area (TPSA) is 65.4 Å². The largest absolute Gasteiger partial charge is 0.496 e. The Morgan fingerprint density at radius 2 is 2.17 bits per heavy atom. The first-order valence-corrected chi connectivity index (χ1v) is 5.55. The van der Waals surface area contributed by atoms with Gasteiger partial charge in [0.1, 0.15) is 11.8 Å². The van der Waals surface area contributed by atoms with Crippen molar-refractivity contribution in [2.45, 2.75) is 6.04 Å². The number of rotatable bonds is 5. The van der Waals surface area contributed by atoms with E-state index >= 15 is 0 Å². The third kappa shape index (κ3) is 3.75. The summed E-state index contributed by atoms with van der Waals surface area (Å²) in [5.74, 6) is 0.395. The van der Waals surface area contributed by atoms with Crippen LogP contribution in [0, 0.1) is 11.3 Å². The van der Waals surface area contributed by atoms with Gasteiger partial charge in [-0.15, -0.1) is 0 Å². The van der Waals surface area contributed by atoms with Gasteiger partial charge in [0.15, 0.2) is 0 Å². The highest BCUT2D eigenvalue weighted by atomic mass is 16.5. The number of para-hydroxylation sites is 1. The number of nitriles is 1. The molecule has 1 N–H and O–H groups in total. The Kier molecular flexibility index (Phi) is 5.15. The van der Waals surface area contributed by atoms with Crippen LogP contribution in [0.15, 0.2) is 24.3 Å². The molecule has 0 fully saturated rings. The normalized spacial score (nSPS) is 11.7. The van der Waals surface area contributed by atoms with E-state index in [9.17, 15) is 4.79 Å². The minimum absolute atomic E-state index is 0.197. The van der Waals surface area contributed by atoms with Gasteiger partial charge in [-0.1, -0.05) is 18.2 Å². The summed E-state index contributed by atoms with van der Waals surface area (Å²) < 4.78 is 5.18. The number of nitrogens with zero attached hydrogens (tertiary/aromatic N) is 2. The number of methoxy groups -OCH3 is 1. The Morgan fingerprint density at radius 3 is 2.72 bits per heavy atom. The number of carbonyl (C=O) groups is 1. The molecule has 1 amide bonds. The van der Waals surface area contributed by atoms with E-state index in [0.717, 1.165) is 0 Å². The van der Waals surface area contributed by atoms with E-state index in [2.05, 4.69) is 11.4 Å². The highest BCUT2D eigenvalue weighted by Gasteiger charge is 2.17. The maximum Gasteiger partial charge on any atom is 0.235 e. The van der Waals surface area contributed by atoms with Crippen LogP contribution in [0.25, 0.3) is 0 Å². The van der Waals surface area contributed by atoms with Gasteiger partial charge in [0, 0.05) is 5.56 Å². The maximum atomic E-state index is 11.7. The van der Waals surface area contributed by atoms with Gasteiger partial charge in [-0.3, -0.25) is 4.79 Å². The Hall–Kier alpha value is -2.06. The predicted octanol–water partition coefficient (Wildman–Crippen LogP) is 0.938. The van der Waals surface area contributed by atoms with Crippen LogP contribution in [0.1, 0.15) is 11.6 Å². The summed E-state index contributed by atoms with van der Waals surface area (Å²) in [6.45, 7) is 0.243. The minimum Gasteiger partial charge on any atom is -0.496 e. The molecule has 18 heavy (non-hydrogen) atoms. The lowest BCUT2D eigenvalue weighted by atomic mass is 10.1. The lowest BCUT2D eigenvalue weighted by Gasteiger charge is -2.16. The van der Waals surface area contributed by atoms with Gasteiger partial charge in [-0.05, 0) is 20.2 Å². The van der Waals surface area contributed by atoms with Gasteiger partial charge in [-0.2, -0.15) is 5.26 Å². The van der Waals surface area contributed by atoms with Crippen molar-refractivity contribution < 1.29 is 9.53 Å². The lowest BCUT2D eigenvalue weighted by molar-refractivity contribution is -0.122. The van der Waals surface area contributed by atoms with E-state index in [1.165, 1.54) is 7.11 Å². The Labute approximate surface area is 107 Å². The molecule has 0 saturated heterocycles. The lowest BCUT2D eigenvalue weighted by Crippen LogP contribution is -2.35. The summed E-state index contributed by atoms with van der Waals surface area (Å²) in [5, 5.41) is 11.8. The highest BCUT2D eigenvalue weighted by molar-refractivity contribution is 5.79. The molecule has 0 aromatic heterocycles. The van der Waals surface area contributed by atoms with Crippen molar-refractivity contribution in [1.29, 1.82) is 5.26 Å². The number of ether oxygens (including phenoxy) is 1. The number of hydrogen-bond donors (Lipinski definition) is 1. The molecule has 1 aromatic carbocycles. The molecule has 0 aliphatic rings. The molecule has 0 aliphatic heterocycles. The van der Waals surface area contributed by atoms with Crippen LogP contribution in [0.4, 0.5) is 0 Å². The number of benzene rings is 1. The van der Waals surface area contributed by atoms with Gasteiger partial charge in [0.25, 0.3) is 0 Å². The third-order valence-electron chi connectivity index (χ3n) is 2.34. The van der Waals surface area contributed by atoms with Crippen molar-refractivity contribution >= 4 is 5.91 Å². The number of likely N-dealkylation sites (N-methyl/N-ethyl adjacent to an activating group) is 1. The van der Waals surface area contributed by atoms with E-state index in [-0.39, 0.29) is 12.5 Å². The van der Waals surface area contributed by atoms with E-state index in [1.807, 2.05) is 6.07 Å². The van der Waals surface area contributed by atoms with Crippen LogP contribution >= 0.6 is 0 Å². The molecule has 1 rings (SSSR count). The molecule has 0 radical (unpaired) electrons. The second-order valence-electron chi connectivity index (χ2n) is 4.11. The zero-order valence-corrected chi connectivity index (χ0v) is 10.8. The van der Waals surface area contributed by atoms with Crippen LogP contribution < -0.4 is 10.1 Å². The number of nitrogens with one attached hydrogen (secondary N) is 1. The molecule has 1 aromatic rings. The fourth-order valence-electron chi connectivity index (χ4n) is 1.58. The van der Waals surface area contributed by atoms with Crippen LogP contribution in [0.3, 0.4) is 0 Å². The molecule has 0 spiro atoms. The molecule has 1 atom stereocenters. The smallest absolute Gasteiger partial charge is 0.235 e. The zero-order chi connectivity index (χ0) is 13.5. The van der Waals surface area contributed by atoms with E-state index in [4.69, 9.17) is 10.00 Å². The number of amides is 1. The van der Waals surface area contributed by atoms with Crippen molar-refractivity contribution in [1.82, 2.24) is 10.2 Å². The summed E-state index contributed by atoms with van der Waals surface area (Å²) in [6.07, 6.45) is 0. The van der Waals surface area contributed by atoms with Crippen molar-refractivity contribution in [2.75, 3.05) is 27.7 Å². The second kappa shape index (κ2) is 6.62. The first-order chi connectivity index (χ1) is 8.58. The Morgan fingerprint density at radius 1 is 1.50 bits per heavy atom. The van der Waals surface area contributed by atoms with Crippen molar-refractivity contribution in [3.63, 3.8) is 0 Å². The quantitative estimate of drug-likeness (QED) is 0.841. The van der Waals surface area contributed by atoms with Gasteiger partial charge in [0.2, 0.25) is 5.91 Å². The fraction of sp³-hybridized carbons (Fsp3) is 0.385. The molecule has 0 saturated carbocycles. The predicted molar refractivity (Wildman–Crippen MR) is 68.0 cm³/mol. The van der Waals surface area contributed by atoms with Crippen molar-refractivity contribution in [2.24, 2.45) is 0 Å². The Bertz CT molecular complexity index is 452. The third-order valence-corrected chi connectivity index (χ3v) is 2.34. The summed E-state index contributed by atoms with van der Waals surface area (Å²) in [4.78, 5) is 13.4. The van der Waals surface area contributed by atoms with Gasteiger partial charge < -0.3 is 15.0 Å². The van der Waals surface area contributed by atoms with Crippen LogP contribution in [-0.4, -0.2) is 38.6 Å². The number of carbonyl (C=O) groups excluding carboxylic acids is 1. The average molecular weight is 247 g/mol. The molecule has 96 valence electrons. The van der Waals surface area contributed by atoms with Crippen LogP contribution in [0.2, 0.25) is 0 Å². The molecule has 5 nitrogen and oxygen atoms in total. The summed E-state index contributed by atoms with van der Waals surface area (Å²) >= 11 is 0.